The van der Waals surface area contributed by atoms with Gasteiger partial charge < -0.3 is 9.64 Å². The van der Waals surface area contributed by atoms with Crippen LogP contribution in [-0.2, 0) is 36.5 Å². The van der Waals surface area contributed by atoms with Gasteiger partial charge in [0.05, 0.1) is 29.5 Å². The summed E-state index contributed by atoms with van der Waals surface area (Å²) >= 11 is 1.11. The van der Waals surface area contributed by atoms with Gasteiger partial charge in [-0.3, -0.25) is 10.2 Å². The van der Waals surface area contributed by atoms with Crippen molar-refractivity contribution in [2.24, 2.45) is 0 Å². The van der Waals surface area contributed by atoms with E-state index in [2.05, 4.69) is 10.3 Å². The fourth-order valence-corrected chi connectivity index (χ4v) is 6.26. The molecule has 5 rings (SSSR count). The van der Waals surface area contributed by atoms with Gasteiger partial charge in [-0.25, -0.2) is 14.6 Å². The number of nitrogens with one attached hydrogen (secondary N) is 1. The van der Waals surface area contributed by atoms with Crippen molar-refractivity contribution in [2.75, 3.05) is 16.8 Å². The molecule has 14 heteroatoms. The molecule has 2 unspecified atom stereocenters. The zero-order valence-corrected chi connectivity index (χ0v) is 24.0. The molecule has 43 heavy (non-hydrogen) atoms. The van der Waals surface area contributed by atoms with Crippen molar-refractivity contribution in [3.05, 3.63) is 75.3 Å². The van der Waals surface area contributed by atoms with Gasteiger partial charge in [-0.1, -0.05) is 6.07 Å². The van der Waals surface area contributed by atoms with Gasteiger partial charge in [0.25, 0.3) is 0 Å². The van der Waals surface area contributed by atoms with E-state index in [9.17, 15) is 35.9 Å². The van der Waals surface area contributed by atoms with Crippen LogP contribution in [0, 0.1) is 0 Å². The summed E-state index contributed by atoms with van der Waals surface area (Å²) in [5.41, 5.74) is -0.186. The molecule has 2 atom stereocenters. The van der Waals surface area contributed by atoms with Crippen LogP contribution < -0.4 is 10.2 Å². The smallest absolute Gasteiger partial charge is 0.416 e. The number of aryl methyl sites for hydroxylation is 2. The first-order chi connectivity index (χ1) is 20.3. The molecule has 3 aromatic rings. The summed E-state index contributed by atoms with van der Waals surface area (Å²) in [6.07, 6.45) is -6.63. The average Bonchev–Trinajstić information content (AvgIpc) is 3.61. The number of ether oxygens (including phenoxy) is 1. The van der Waals surface area contributed by atoms with E-state index < -0.39 is 54.2 Å². The van der Waals surface area contributed by atoms with Crippen LogP contribution in [0.3, 0.4) is 0 Å². The minimum Gasteiger partial charge on any atom is -0.449 e. The fourth-order valence-electron chi connectivity index (χ4n) is 5.74. The lowest BCUT2D eigenvalue weighted by atomic mass is 9.88. The Morgan fingerprint density at radius 3 is 2.28 bits per heavy atom. The van der Waals surface area contributed by atoms with Crippen molar-refractivity contribution in [1.29, 1.82) is 0 Å². The average molecular weight is 627 g/mol. The van der Waals surface area contributed by atoms with Gasteiger partial charge in [-0.2, -0.15) is 26.3 Å². The molecule has 230 valence electrons. The largest absolute Gasteiger partial charge is 0.449 e. The molecule has 2 aromatic carbocycles. The highest BCUT2D eigenvalue weighted by Crippen LogP contribution is 2.45. The number of aromatic nitrogens is 1. The van der Waals surface area contributed by atoms with Crippen molar-refractivity contribution in [1.82, 2.24) is 9.88 Å². The summed E-state index contributed by atoms with van der Waals surface area (Å²) in [5.74, 6) is 0. The number of benzene rings is 2. The van der Waals surface area contributed by atoms with Crippen molar-refractivity contribution < 1.29 is 40.7 Å². The number of carbonyl (C=O) groups is 2. The van der Waals surface area contributed by atoms with Crippen LogP contribution in [0.5, 0.6) is 0 Å². The first kappa shape index (κ1) is 30.6. The van der Waals surface area contributed by atoms with Crippen LogP contribution in [0.2, 0.25) is 0 Å². The number of rotatable bonds is 5. The number of fused-ring (bicyclic) bond motifs is 2. The molecule has 0 saturated heterocycles. The minimum absolute atomic E-state index is 0.0575. The number of halogens is 6. The summed E-state index contributed by atoms with van der Waals surface area (Å²) < 4.78 is 87.4. The molecule has 1 aromatic heterocycles. The minimum atomic E-state index is -5.05. The van der Waals surface area contributed by atoms with Crippen LogP contribution >= 0.6 is 11.3 Å². The lowest BCUT2D eigenvalue weighted by molar-refractivity contribution is -0.143. The molecule has 1 N–H and O–H groups in total. The van der Waals surface area contributed by atoms with Crippen LogP contribution in [0.1, 0.15) is 66.1 Å². The van der Waals surface area contributed by atoms with E-state index in [1.165, 1.54) is 16.0 Å². The molecular weight excluding hydrogens is 598 g/mol. The van der Waals surface area contributed by atoms with Gasteiger partial charge in [-0.05, 0) is 86.1 Å². The first-order valence-electron chi connectivity index (χ1n) is 13.6. The second-order valence-electron chi connectivity index (χ2n) is 10.5. The molecule has 0 fully saturated rings. The number of alkyl halides is 6. The maximum absolute atomic E-state index is 13.8. The van der Waals surface area contributed by atoms with Crippen molar-refractivity contribution in [3.8, 4) is 0 Å². The molecule has 0 bridgehead atoms. The van der Waals surface area contributed by atoms with Crippen LogP contribution in [0.4, 0.5) is 46.8 Å². The van der Waals surface area contributed by atoms with Crippen LogP contribution in [-0.4, -0.2) is 34.7 Å². The highest BCUT2D eigenvalue weighted by molar-refractivity contribution is 7.13. The third-order valence-electron chi connectivity index (χ3n) is 7.61. The monoisotopic (exact) mass is 626 g/mol. The molecule has 1 aliphatic carbocycles. The van der Waals surface area contributed by atoms with E-state index in [1.807, 2.05) is 12.1 Å². The van der Waals surface area contributed by atoms with Gasteiger partial charge >= 0.3 is 24.5 Å². The maximum Gasteiger partial charge on any atom is 0.416 e. The Kier molecular flexibility index (Phi) is 8.34. The lowest BCUT2D eigenvalue weighted by Crippen LogP contribution is -2.48. The summed E-state index contributed by atoms with van der Waals surface area (Å²) in [6, 6.07) is 3.00. The second kappa shape index (κ2) is 11.7. The molecule has 0 saturated carbocycles. The number of thiazole rings is 1. The van der Waals surface area contributed by atoms with Crippen molar-refractivity contribution in [3.63, 3.8) is 0 Å². The van der Waals surface area contributed by atoms with E-state index in [4.69, 9.17) is 4.74 Å². The van der Waals surface area contributed by atoms with E-state index >= 15 is 0 Å². The van der Waals surface area contributed by atoms with Crippen molar-refractivity contribution >= 4 is 34.3 Å². The van der Waals surface area contributed by atoms with Gasteiger partial charge in [0.1, 0.15) is 0 Å². The number of urea groups is 1. The summed E-state index contributed by atoms with van der Waals surface area (Å²) in [7, 11) is 0. The molecular formula is C29H28F6N4O3S. The highest BCUT2D eigenvalue weighted by Gasteiger charge is 2.41. The topological polar surface area (TPSA) is 74.8 Å². The number of hydrogen-bond donors (Lipinski definition) is 1. The van der Waals surface area contributed by atoms with Gasteiger partial charge in [-0.15, -0.1) is 11.3 Å². The third-order valence-corrected chi connectivity index (χ3v) is 8.30. The Labute approximate surface area is 247 Å². The Morgan fingerprint density at radius 2 is 1.70 bits per heavy atom. The zero-order valence-electron chi connectivity index (χ0n) is 23.2. The van der Waals surface area contributed by atoms with Crippen LogP contribution in [0.25, 0.3) is 0 Å². The summed E-state index contributed by atoms with van der Waals surface area (Å²) in [4.78, 5) is 33.6. The predicted octanol–water partition coefficient (Wildman–Crippen LogP) is 8.20. The Hall–Kier alpha value is -3.81. The maximum atomic E-state index is 13.8. The van der Waals surface area contributed by atoms with Gasteiger partial charge in [0.15, 0.2) is 5.13 Å². The number of nitrogens with zero attached hydrogens (tertiary/aromatic N) is 3. The molecule has 0 spiro atoms. The fraction of sp³-hybridized carbons (Fsp3) is 0.414. The number of anilines is 2. The summed E-state index contributed by atoms with van der Waals surface area (Å²) in [6.45, 7) is 2.99. The molecule has 0 radical (unpaired) electrons. The molecule has 2 aliphatic rings. The van der Waals surface area contributed by atoms with E-state index in [0.29, 0.717) is 23.4 Å². The molecule has 7 nitrogen and oxygen atoms in total. The van der Waals surface area contributed by atoms with E-state index in [0.717, 1.165) is 41.7 Å². The molecule has 3 amide bonds. The normalized spacial score (nSPS) is 18.2. The van der Waals surface area contributed by atoms with E-state index in [-0.39, 0.29) is 29.8 Å². The predicted molar refractivity (Wildman–Crippen MR) is 148 cm³/mol. The first-order valence-corrected chi connectivity index (χ1v) is 14.5. The Balaban J connectivity index is 1.63. The molecule has 1 aliphatic heterocycles. The Bertz CT molecular complexity index is 1480. The van der Waals surface area contributed by atoms with Gasteiger partial charge in [0.2, 0.25) is 0 Å². The Morgan fingerprint density at radius 1 is 1.05 bits per heavy atom. The standard InChI is InChI=1S/C29H28F6N4O3S/c1-3-42-27(41)39-16(2)9-23(22-12-18-5-4-6-19(18)13-24(22)39)38(26(40)37-25-36-7-8-43-25)15-17-10-20(28(30,31)32)14-21(11-17)29(33,34)35/h7-8,10-14,16,23H,3-6,9,15H2,1-2H3,(H,36,37,40). The SMILES string of the molecule is CCOC(=O)N1c2cc3c(cc2C(N(Cc2cc(C(F)(F)F)cc(C(F)(F)F)c2)C(=O)Nc2nccs2)CC1C)CCC3. The highest BCUT2D eigenvalue weighted by atomic mass is 32.1. The molecule has 2 heterocycles. The summed E-state index contributed by atoms with van der Waals surface area (Å²) in [5, 5.41) is 4.45. The van der Waals surface area contributed by atoms with Crippen molar-refractivity contribution in [2.45, 2.75) is 70.5 Å². The van der Waals surface area contributed by atoms with E-state index in [1.54, 1.807) is 19.2 Å². The number of amides is 3. The van der Waals surface area contributed by atoms with Crippen LogP contribution in [0.15, 0.2) is 41.9 Å². The number of hydrogen-bond acceptors (Lipinski definition) is 5. The third kappa shape index (κ3) is 6.43. The quantitative estimate of drug-likeness (QED) is 0.290. The zero-order chi connectivity index (χ0) is 31.1. The number of carbonyl (C=O) groups excluding carboxylic acids is 2. The lowest BCUT2D eigenvalue weighted by Gasteiger charge is -2.43. The van der Waals surface area contributed by atoms with Gasteiger partial charge in [0, 0.05) is 24.2 Å². The second-order valence-corrected chi connectivity index (χ2v) is 11.4.